The number of nitrogens with zero attached hydrogens (tertiary/aromatic N) is 1. The lowest BCUT2D eigenvalue weighted by atomic mass is 10.2. The van der Waals surface area contributed by atoms with Crippen LogP contribution in [0.3, 0.4) is 0 Å². The number of pyridine rings is 1. The predicted molar refractivity (Wildman–Crippen MR) is 84.4 cm³/mol. The molecule has 0 saturated heterocycles. The fraction of sp³-hybridized carbons (Fsp3) is 0. The molecule has 0 aliphatic heterocycles. The van der Waals surface area contributed by atoms with Crippen molar-refractivity contribution in [1.82, 2.24) is 4.98 Å². The summed E-state index contributed by atoms with van der Waals surface area (Å²) >= 11 is 4.73. The first kappa shape index (κ1) is 13.4. The van der Waals surface area contributed by atoms with Crippen LogP contribution in [0.5, 0.6) is 0 Å². The first-order valence-corrected chi connectivity index (χ1v) is 7.52. The third-order valence-corrected chi connectivity index (χ3v) is 4.40. The maximum absolute atomic E-state index is 13.7. The molecule has 0 fully saturated rings. The molecule has 0 aliphatic rings. The first-order valence-electron chi connectivity index (χ1n) is 5.91. The van der Waals surface area contributed by atoms with Crippen molar-refractivity contribution >= 4 is 44.3 Å². The number of fused-ring (bicyclic) bond motifs is 1. The fourth-order valence-corrected chi connectivity index (χ4v) is 3.19. The summed E-state index contributed by atoms with van der Waals surface area (Å²) in [5, 5.41) is 0.862. The summed E-state index contributed by atoms with van der Waals surface area (Å²) < 4.78 is 14.6. The minimum Gasteiger partial charge on any atom is -0.398 e. The van der Waals surface area contributed by atoms with Crippen molar-refractivity contribution in [1.29, 1.82) is 0 Å². The van der Waals surface area contributed by atoms with Gasteiger partial charge in [-0.3, -0.25) is 4.98 Å². The number of nitrogen functional groups attached to an aromatic ring is 1. The maximum atomic E-state index is 13.7. The minimum absolute atomic E-state index is 0.236. The van der Waals surface area contributed by atoms with Crippen molar-refractivity contribution in [3.05, 3.63) is 59.0 Å². The molecular formula is C15H10BrFN2S. The summed E-state index contributed by atoms with van der Waals surface area (Å²) in [7, 11) is 0. The average molecular weight is 349 g/mol. The predicted octanol–water partition coefficient (Wildman–Crippen LogP) is 4.87. The number of benzene rings is 2. The molecule has 2 aromatic carbocycles. The minimum atomic E-state index is -0.236. The molecule has 0 radical (unpaired) electrons. The molecule has 5 heteroatoms. The van der Waals surface area contributed by atoms with Crippen molar-refractivity contribution in [2.24, 2.45) is 0 Å². The van der Waals surface area contributed by atoms with Crippen LogP contribution in [0.25, 0.3) is 10.9 Å². The van der Waals surface area contributed by atoms with Crippen LogP contribution in [0.2, 0.25) is 0 Å². The summed E-state index contributed by atoms with van der Waals surface area (Å²) in [6.07, 6.45) is 1.72. The number of rotatable bonds is 2. The molecule has 2 N–H and O–H groups in total. The Morgan fingerprint density at radius 2 is 1.90 bits per heavy atom. The van der Waals surface area contributed by atoms with E-state index in [1.54, 1.807) is 18.3 Å². The van der Waals surface area contributed by atoms with E-state index in [0.29, 0.717) is 10.6 Å². The van der Waals surface area contributed by atoms with Crippen LogP contribution in [0, 0.1) is 5.82 Å². The van der Waals surface area contributed by atoms with Gasteiger partial charge in [-0.25, -0.2) is 4.39 Å². The zero-order valence-corrected chi connectivity index (χ0v) is 12.7. The van der Waals surface area contributed by atoms with Gasteiger partial charge in [-0.1, -0.05) is 23.9 Å². The van der Waals surface area contributed by atoms with Crippen LogP contribution in [-0.4, -0.2) is 4.98 Å². The highest BCUT2D eigenvalue weighted by molar-refractivity contribution is 9.10. The van der Waals surface area contributed by atoms with E-state index >= 15 is 0 Å². The standard InChI is InChI=1S/C15H10BrFN2S/c16-9-7-10-12(18)5-6-14(15(10)19-8-9)20-13-4-2-1-3-11(13)17/h1-8H,18H2. The molecule has 2 nitrogen and oxygen atoms in total. The Hall–Kier alpha value is -1.59. The van der Waals surface area contributed by atoms with E-state index in [1.807, 2.05) is 24.3 Å². The van der Waals surface area contributed by atoms with E-state index in [2.05, 4.69) is 20.9 Å². The Balaban J connectivity index is 2.13. The number of halogens is 2. The summed E-state index contributed by atoms with van der Waals surface area (Å²) in [4.78, 5) is 5.85. The number of anilines is 1. The summed E-state index contributed by atoms with van der Waals surface area (Å²) in [6, 6.07) is 12.3. The van der Waals surface area contributed by atoms with Crippen molar-refractivity contribution in [2.75, 3.05) is 5.73 Å². The van der Waals surface area contributed by atoms with Gasteiger partial charge in [-0.05, 0) is 46.3 Å². The monoisotopic (exact) mass is 348 g/mol. The van der Waals surface area contributed by atoms with Crippen molar-refractivity contribution < 1.29 is 4.39 Å². The molecule has 0 atom stereocenters. The largest absolute Gasteiger partial charge is 0.398 e. The highest BCUT2D eigenvalue weighted by atomic mass is 79.9. The van der Waals surface area contributed by atoms with E-state index < -0.39 is 0 Å². The third kappa shape index (κ3) is 2.51. The molecule has 20 heavy (non-hydrogen) atoms. The van der Waals surface area contributed by atoms with E-state index in [0.717, 1.165) is 20.3 Å². The average Bonchev–Trinajstić information content (AvgIpc) is 2.44. The SMILES string of the molecule is Nc1ccc(Sc2ccccc2F)c2ncc(Br)cc12. The quantitative estimate of drug-likeness (QED) is 0.671. The molecule has 1 heterocycles. The van der Waals surface area contributed by atoms with Gasteiger partial charge in [0.05, 0.1) is 5.52 Å². The number of hydrogen-bond acceptors (Lipinski definition) is 3. The Bertz CT molecular complexity index is 792. The lowest BCUT2D eigenvalue weighted by Crippen LogP contribution is -1.91. The number of nitrogens with two attached hydrogens (primary N) is 1. The Labute approximate surface area is 128 Å². The second-order valence-corrected chi connectivity index (χ2v) is 6.23. The molecule has 0 saturated carbocycles. The van der Waals surface area contributed by atoms with Gasteiger partial charge in [0.15, 0.2) is 0 Å². The van der Waals surface area contributed by atoms with Gasteiger partial charge in [0, 0.05) is 31.5 Å². The summed E-state index contributed by atoms with van der Waals surface area (Å²) in [5.74, 6) is -0.236. The second kappa shape index (κ2) is 5.42. The molecule has 100 valence electrons. The van der Waals surface area contributed by atoms with Crippen molar-refractivity contribution in [3.8, 4) is 0 Å². The lowest BCUT2D eigenvalue weighted by molar-refractivity contribution is 0.602. The van der Waals surface area contributed by atoms with Crippen molar-refractivity contribution in [2.45, 2.75) is 9.79 Å². The van der Waals surface area contributed by atoms with Crippen LogP contribution in [-0.2, 0) is 0 Å². The lowest BCUT2D eigenvalue weighted by Gasteiger charge is -2.08. The summed E-state index contributed by atoms with van der Waals surface area (Å²) in [6.45, 7) is 0. The molecule has 0 unspecified atom stereocenters. The van der Waals surface area contributed by atoms with Crippen LogP contribution >= 0.6 is 27.7 Å². The van der Waals surface area contributed by atoms with Gasteiger partial charge < -0.3 is 5.73 Å². The second-order valence-electron chi connectivity index (χ2n) is 4.24. The van der Waals surface area contributed by atoms with Gasteiger partial charge in [0.2, 0.25) is 0 Å². The molecule has 0 spiro atoms. The molecule has 0 aliphatic carbocycles. The van der Waals surface area contributed by atoms with E-state index in [9.17, 15) is 4.39 Å². The number of hydrogen-bond donors (Lipinski definition) is 1. The van der Waals surface area contributed by atoms with Gasteiger partial charge >= 0.3 is 0 Å². The number of aromatic nitrogens is 1. The zero-order valence-electron chi connectivity index (χ0n) is 10.3. The Morgan fingerprint density at radius 1 is 1.10 bits per heavy atom. The normalized spacial score (nSPS) is 10.9. The molecular weight excluding hydrogens is 339 g/mol. The van der Waals surface area contributed by atoms with Gasteiger partial charge in [-0.15, -0.1) is 0 Å². The van der Waals surface area contributed by atoms with Crippen LogP contribution in [0.15, 0.2) is 62.9 Å². The molecule has 0 amide bonds. The topological polar surface area (TPSA) is 38.9 Å². The Morgan fingerprint density at radius 3 is 2.70 bits per heavy atom. The molecule has 0 bridgehead atoms. The summed E-state index contributed by atoms with van der Waals surface area (Å²) in [5.41, 5.74) is 7.41. The van der Waals surface area contributed by atoms with E-state index in [1.165, 1.54) is 17.8 Å². The van der Waals surface area contributed by atoms with Crippen LogP contribution < -0.4 is 5.73 Å². The van der Waals surface area contributed by atoms with Gasteiger partial charge in [-0.2, -0.15) is 0 Å². The third-order valence-electron chi connectivity index (χ3n) is 2.87. The molecule has 1 aromatic heterocycles. The van der Waals surface area contributed by atoms with Crippen LogP contribution in [0.4, 0.5) is 10.1 Å². The first-order chi connectivity index (χ1) is 9.65. The smallest absolute Gasteiger partial charge is 0.137 e. The van der Waals surface area contributed by atoms with Crippen molar-refractivity contribution in [3.63, 3.8) is 0 Å². The van der Waals surface area contributed by atoms with Crippen LogP contribution in [0.1, 0.15) is 0 Å². The van der Waals surface area contributed by atoms with Gasteiger partial charge in [0.1, 0.15) is 5.82 Å². The molecule has 3 aromatic rings. The highest BCUT2D eigenvalue weighted by Crippen LogP contribution is 2.36. The van der Waals surface area contributed by atoms with Gasteiger partial charge in [0.25, 0.3) is 0 Å². The maximum Gasteiger partial charge on any atom is 0.137 e. The highest BCUT2D eigenvalue weighted by Gasteiger charge is 2.10. The van der Waals surface area contributed by atoms with E-state index in [4.69, 9.17) is 5.73 Å². The fourth-order valence-electron chi connectivity index (χ4n) is 1.92. The van der Waals surface area contributed by atoms with E-state index in [-0.39, 0.29) is 5.82 Å². The molecule has 3 rings (SSSR count). The zero-order chi connectivity index (χ0) is 14.1. The Kier molecular flexibility index (Phi) is 3.63.